The monoisotopic (exact) mass is 252 g/mol. The highest BCUT2D eigenvalue weighted by molar-refractivity contribution is 5.67. The fraction of sp³-hybridized carbons (Fsp3) is 0.417. The summed E-state index contributed by atoms with van der Waals surface area (Å²) in [4.78, 5) is 23.0. The van der Waals surface area contributed by atoms with Crippen LogP contribution in [-0.4, -0.2) is 29.5 Å². The molecule has 0 radical (unpaired) electrons. The second-order valence-electron chi connectivity index (χ2n) is 3.90. The highest BCUT2D eigenvalue weighted by Gasteiger charge is 2.09. The molecule has 1 aromatic rings. The topological polar surface area (TPSA) is 72.7 Å². The average Bonchev–Trinajstić information content (AvgIpc) is 2.36. The Balaban J connectivity index is 2.48. The summed E-state index contributed by atoms with van der Waals surface area (Å²) in [6, 6.07) is 5.92. The highest BCUT2D eigenvalue weighted by atomic mass is 16.6. The number of nitro benzene ring substituents is 1. The number of carbonyl (C=O) groups is 1. The fourth-order valence-corrected chi connectivity index (χ4v) is 1.40. The van der Waals surface area contributed by atoms with Gasteiger partial charge in [0.1, 0.15) is 6.61 Å². The van der Waals surface area contributed by atoms with Gasteiger partial charge in [-0.05, 0) is 24.1 Å². The van der Waals surface area contributed by atoms with Crippen molar-refractivity contribution in [2.24, 2.45) is 0 Å². The van der Waals surface area contributed by atoms with Gasteiger partial charge in [0.2, 0.25) is 0 Å². The predicted molar refractivity (Wildman–Crippen MR) is 66.2 cm³/mol. The van der Waals surface area contributed by atoms with Gasteiger partial charge in [-0.2, -0.15) is 0 Å². The summed E-state index contributed by atoms with van der Waals surface area (Å²) >= 11 is 0. The zero-order valence-electron chi connectivity index (χ0n) is 10.5. The van der Waals surface area contributed by atoms with Crippen LogP contribution >= 0.6 is 0 Å². The maximum Gasteiger partial charge on any atom is 0.409 e. The molecular formula is C12H16N2O4. The van der Waals surface area contributed by atoms with Crippen molar-refractivity contribution in [3.05, 3.63) is 39.9 Å². The van der Waals surface area contributed by atoms with E-state index in [4.69, 9.17) is 4.74 Å². The molecule has 0 saturated carbocycles. The molecule has 18 heavy (non-hydrogen) atoms. The number of ether oxygens (including phenoxy) is 1. The van der Waals surface area contributed by atoms with E-state index in [2.05, 4.69) is 0 Å². The predicted octanol–water partition coefficient (Wildman–Crippen LogP) is 2.57. The Morgan fingerprint density at radius 3 is 2.50 bits per heavy atom. The van der Waals surface area contributed by atoms with Crippen molar-refractivity contribution in [2.75, 3.05) is 13.6 Å². The van der Waals surface area contributed by atoms with Gasteiger partial charge in [0.05, 0.1) is 4.92 Å². The van der Waals surface area contributed by atoms with E-state index in [9.17, 15) is 14.9 Å². The van der Waals surface area contributed by atoms with Crippen molar-refractivity contribution in [1.82, 2.24) is 4.90 Å². The maximum absolute atomic E-state index is 11.5. The number of amides is 1. The van der Waals surface area contributed by atoms with E-state index in [0.717, 1.165) is 12.0 Å². The third-order valence-electron chi connectivity index (χ3n) is 2.38. The lowest BCUT2D eigenvalue weighted by molar-refractivity contribution is -0.384. The third-order valence-corrected chi connectivity index (χ3v) is 2.38. The van der Waals surface area contributed by atoms with Crippen LogP contribution in [0.2, 0.25) is 0 Å². The van der Waals surface area contributed by atoms with Crippen LogP contribution in [0.5, 0.6) is 0 Å². The summed E-state index contributed by atoms with van der Waals surface area (Å²) < 4.78 is 5.06. The first-order valence-electron chi connectivity index (χ1n) is 5.65. The Hall–Kier alpha value is -2.11. The van der Waals surface area contributed by atoms with Crippen molar-refractivity contribution >= 4 is 11.8 Å². The van der Waals surface area contributed by atoms with Crippen LogP contribution in [-0.2, 0) is 11.3 Å². The normalized spacial score (nSPS) is 9.89. The summed E-state index contributed by atoms with van der Waals surface area (Å²) in [5, 5.41) is 10.5. The van der Waals surface area contributed by atoms with Crippen molar-refractivity contribution in [3.8, 4) is 0 Å². The van der Waals surface area contributed by atoms with E-state index >= 15 is 0 Å². The molecule has 0 atom stereocenters. The molecule has 0 spiro atoms. The number of hydrogen-bond acceptors (Lipinski definition) is 4. The molecule has 0 saturated heterocycles. The van der Waals surface area contributed by atoms with E-state index < -0.39 is 11.0 Å². The quantitative estimate of drug-likeness (QED) is 0.596. The van der Waals surface area contributed by atoms with E-state index in [1.807, 2.05) is 6.92 Å². The van der Waals surface area contributed by atoms with Gasteiger partial charge in [-0.3, -0.25) is 10.1 Å². The molecule has 1 aromatic carbocycles. The Labute approximate surface area is 105 Å². The average molecular weight is 252 g/mol. The number of benzene rings is 1. The number of nitrogens with zero attached hydrogens (tertiary/aromatic N) is 2. The van der Waals surface area contributed by atoms with E-state index in [-0.39, 0.29) is 12.3 Å². The third kappa shape index (κ3) is 4.04. The Bertz CT molecular complexity index is 417. The number of carbonyl (C=O) groups excluding carboxylic acids is 1. The number of nitro groups is 1. The first-order valence-corrected chi connectivity index (χ1v) is 5.65. The molecule has 0 heterocycles. The molecule has 0 bridgehead atoms. The standard InChI is InChI=1S/C12H16N2O4/c1-3-8-13(2)12(15)18-9-10-4-6-11(7-5-10)14(16)17/h4-7H,3,8-9H2,1-2H3. The van der Waals surface area contributed by atoms with Gasteiger partial charge in [0.15, 0.2) is 0 Å². The molecule has 0 unspecified atom stereocenters. The molecule has 0 aliphatic rings. The number of rotatable bonds is 5. The number of non-ortho nitro benzene ring substituents is 1. The summed E-state index contributed by atoms with van der Waals surface area (Å²) in [5.41, 5.74) is 0.743. The number of hydrogen-bond donors (Lipinski definition) is 0. The van der Waals surface area contributed by atoms with Crippen LogP contribution in [0.15, 0.2) is 24.3 Å². The van der Waals surface area contributed by atoms with Gasteiger partial charge < -0.3 is 9.64 Å². The molecule has 0 aliphatic carbocycles. The van der Waals surface area contributed by atoms with Gasteiger partial charge in [-0.15, -0.1) is 0 Å². The Kier molecular flexibility index (Phi) is 5.10. The first kappa shape index (κ1) is 14.0. The lowest BCUT2D eigenvalue weighted by Gasteiger charge is -2.15. The zero-order valence-corrected chi connectivity index (χ0v) is 10.5. The van der Waals surface area contributed by atoms with Crippen LogP contribution in [0, 0.1) is 10.1 Å². The van der Waals surface area contributed by atoms with Gasteiger partial charge in [-0.1, -0.05) is 6.92 Å². The van der Waals surface area contributed by atoms with Crippen LogP contribution in [0.3, 0.4) is 0 Å². The molecule has 0 N–H and O–H groups in total. The molecule has 6 heteroatoms. The second kappa shape index (κ2) is 6.58. The van der Waals surface area contributed by atoms with Gasteiger partial charge in [0.25, 0.3) is 5.69 Å². The van der Waals surface area contributed by atoms with Crippen LogP contribution in [0.4, 0.5) is 10.5 Å². The lowest BCUT2D eigenvalue weighted by atomic mass is 10.2. The van der Waals surface area contributed by atoms with Crippen LogP contribution in [0.25, 0.3) is 0 Å². The van der Waals surface area contributed by atoms with Crippen molar-refractivity contribution in [3.63, 3.8) is 0 Å². The highest BCUT2D eigenvalue weighted by Crippen LogP contribution is 2.12. The molecule has 1 rings (SSSR count). The van der Waals surface area contributed by atoms with Crippen LogP contribution < -0.4 is 0 Å². The molecule has 1 amide bonds. The first-order chi connectivity index (χ1) is 8.54. The molecule has 6 nitrogen and oxygen atoms in total. The zero-order chi connectivity index (χ0) is 13.5. The minimum absolute atomic E-state index is 0.0215. The minimum Gasteiger partial charge on any atom is -0.445 e. The summed E-state index contributed by atoms with van der Waals surface area (Å²) in [6.07, 6.45) is 0.471. The van der Waals surface area contributed by atoms with Crippen molar-refractivity contribution in [1.29, 1.82) is 0 Å². The molecule has 0 fully saturated rings. The van der Waals surface area contributed by atoms with E-state index in [1.165, 1.54) is 17.0 Å². The molecule has 98 valence electrons. The van der Waals surface area contributed by atoms with Crippen molar-refractivity contribution in [2.45, 2.75) is 20.0 Å². The maximum atomic E-state index is 11.5. The smallest absolute Gasteiger partial charge is 0.409 e. The second-order valence-corrected chi connectivity index (χ2v) is 3.90. The summed E-state index contributed by atoms with van der Waals surface area (Å²) in [7, 11) is 1.67. The van der Waals surface area contributed by atoms with Gasteiger partial charge in [0, 0.05) is 25.7 Å². The van der Waals surface area contributed by atoms with Crippen molar-refractivity contribution < 1.29 is 14.5 Å². The van der Waals surface area contributed by atoms with Gasteiger partial charge in [-0.25, -0.2) is 4.79 Å². The SMILES string of the molecule is CCCN(C)C(=O)OCc1ccc([N+](=O)[O-])cc1. The van der Waals surface area contributed by atoms with E-state index in [1.54, 1.807) is 19.2 Å². The van der Waals surface area contributed by atoms with E-state index in [0.29, 0.717) is 6.54 Å². The summed E-state index contributed by atoms with van der Waals surface area (Å²) in [6.45, 7) is 2.73. The Morgan fingerprint density at radius 1 is 1.39 bits per heavy atom. The van der Waals surface area contributed by atoms with Gasteiger partial charge >= 0.3 is 6.09 Å². The summed E-state index contributed by atoms with van der Waals surface area (Å²) in [5.74, 6) is 0. The molecule has 0 aromatic heterocycles. The largest absolute Gasteiger partial charge is 0.445 e. The Morgan fingerprint density at radius 2 is 2.00 bits per heavy atom. The molecule has 0 aliphatic heterocycles. The minimum atomic E-state index is -0.467. The van der Waals surface area contributed by atoms with Crippen LogP contribution in [0.1, 0.15) is 18.9 Å². The fourth-order valence-electron chi connectivity index (χ4n) is 1.40. The lowest BCUT2D eigenvalue weighted by Crippen LogP contribution is -2.27. The molecular weight excluding hydrogens is 236 g/mol.